The topological polar surface area (TPSA) is 103 Å². The summed E-state index contributed by atoms with van der Waals surface area (Å²) in [4.78, 5) is 13.4. The van der Waals surface area contributed by atoms with Crippen molar-refractivity contribution in [3.63, 3.8) is 0 Å². The number of benzene rings is 2. The van der Waals surface area contributed by atoms with Crippen molar-refractivity contribution in [1.82, 2.24) is 4.90 Å². The lowest BCUT2D eigenvalue weighted by Gasteiger charge is -2.43. The first-order valence-corrected chi connectivity index (χ1v) is 19.6. The van der Waals surface area contributed by atoms with E-state index in [1.165, 1.54) is 15.3 Å². The van der Waals surface area contributed by atoms with Crippen LogP contribution in [0.25, 0.3) is 0 Å². The Balaban J connectivity index is 1.39. The summed E-state index contributed by atoms with van der Waals surface area (Å²) >= 11 is 0. The number of hydrogen-bond donors (Lipinski definition) is 0. The van der Waals surface area contributed by atoms with Gasteiger partial charge in [0.05, 0.1) is 99.1 Å². The van der Waals surface area contributed by atoms with Crippen molar-refractivity contribution in [2.45, 2.75) is 52.2 Å². The smallest absolute Gasteiger partial charge is 0.410 e. The van der Waals surface area contributed by atoms with Gasteiger partial charge in [-0.05, 0) is 36.2 Å². The Hall–Kier alpha value is -2.39. The van der Waals surface area contributed by atoms with Gasteiger partial charge >= 0.3 is 6.09 Å². The molecule has 0 saturated carbocycles. The molecule has 2 rings (SSSR count). The van der Waals surface area contributed by atoms with Gasteiger partial charge in [-0.25, -0.2) is 4.79 Å². The fourth-order valence-corrected chi connectivity index (χ4v) is 9.61. The number of hydrogen-bond acceptors (Lipinski definition) is 10. The van der Waals surface area contributed by atoms with Crippen molar-refractivity contribution >= 4 is 24.8 Å². The average molecular weight is 722 g/mol. The lowest BCUT2D eigenvalue weighted by atomic mass is 10.2. The molecule has 50 heavy (non-hydrogen) atoms. The Morgan fingerprint density at radius 2 is 0.840 bits per heavy atom. The first kappa shape index (κ1) is 43.8. The van der Waals surface area contributed by atoms with Crippen molar-refractivity contribution in [2.24, 2.45) is 0 Å². The zero-order valence-electron chi connectivity index (χ0n) is 31.6. The molecule has 0 aliphatic heterocycles. The van der Waals surface area contributed by atoms with Gasteiger partial charge in [-0.1, -0.05) is 81.4 Å². The van der Waals surface area contributed by atoms with Crippen LogP contribution in [0.5, 0.6) is 0 Å². The lowest BCUT2D eigenvalue weighted by molar-refractivity contribution is -0.0219. The fourth-order valence-electron chi connectivity index (χ4n) is 5.07. The Morgan fingerprint density at radius 3 is 1.16 bits per heavy atom. The Morgan fingerprint density at radius 1 is 0.520 bits per heavy atom. The molecule has 0 unspecified atom stereocenters. The summed E-state index contributed by atoms with van der Waals surface area (Å²) in [5.41, 5.74) is -0.510. The molecule has 0 aromatic heterocycles. The first-order valence-electron chi connectivity index (χ1n) is 17.7. The van der Waals surface area contributed by atoms with Crippen molar-refractivity contribution in [3.8, 4) is 0 Å². The van der Waals surface area contributed by atoms with Crippen LogP contribution >= 0.6 is 0 Å². The summed E-state index contributed by atoms with van der Waals surface area (Å²) in [5, 5.41) is 2.47. The summed E-state index contributed by atoms with van der Waals surface area (Å²) < 4.78 is 51.2. The van der Waals surface area contributed by atoms with Crippen LogP contribution in [-0.4, -0.2) is 138 Å². The van der Waals surface area contributed by atoms with E-state index in [1.54, 1.807) is 7.05 Å². The van der Waals surface area contributed by atoms with Crippen LogP contribution in [0.3, 0.4) is 0 Å². The van der Waals surface area contributed by atoms with Crippen molar-refractivity contribution < 1.29 is 47.1 Å². The van der Waals surface area contributed by atoms with Gasteiger partial charge in [0.15, 0.2) is 0 Å². The van der Waals surface area contributed by atoms with Crippen molar-refractivity contribution in [1.29, 1.82) is 0 Å². The van der Waals surface area contributed by atoms with E-state index in [1.807, 2.05) is 20.8 Å². The highest BCUT2D eigenvalue weighted by Gasteiger charge is 2.50. The molecule has 0 heterocycles. The molecular weight excluding hydrogens is 659 g/mol. The van der Waals surface area contributed by atoms with E-state index >= 15 is 0 Å². The Bertz CT molecular complexity index is 1090. The minimum atomic E-state index is -2.54. The van der Waals surface area contributed by atoms with E-state index < -0.39 is 13.9 Å². The summed E-state index contributed by atoms with van der Waals surface area (Å²) in [6.07, 6.45) is -0.362. The van der Waals surface area contributed by atoms with Crippen molar-refractivity contribution in [2.75, 3.05) is 113 Å². The maximum Gasteiger partial charge on any atom is 0.410 e. The van der Waals surface area contributed by atoms with Gasteiger partial charge < -0.3 is 47.2 Å². The third-order valence-corrected chi connectivity index (χ3v) is 12.5. The number of nitrogens with zero attached hydrogens (tertiary/aromatic N) is 1. The molecule has 0 N–H and O–H groups in total. The van der Waals surface area contributed by atoms with Gasteiger partial charge in [0.1, 0.15) is 5.60 Å². The van der Waals surface area contributed by atoms with Gasteiger partial charge in [-0.2, -0.15) is 0 Å². The molecule has 1 amide bonds. The molecule has 0 aliphatic carbocycles. The van der Waals surface area contributed by atoms with Crippen LogP contribution in [0, 0.1) is 0 Å². The molecule has 0 bridgehead atoms. The van der Waals surface area contributed by atoms with Gasteiger partial charge in [0.25, 0.3) is 8.32 Å². The average Bonchev–Trinajstić information content (AvgIpc) is 3.07. The van der Waals surface area contributed by atoms with Crippen LogP contribution in [0.1, 0.15) is 41.5 Å². The molecule has 11 nitrogen and oxygen atoms in total. The highest BCUT2D eigenvalue weighted by atomic mass is 28.4. The molecule has 2 aromatic rings. The predicted molar refractivity (Wildman–Crippen MR) is 198 cm³/mol. The maximum atomic E-state index is 11.9. The Labute approximate surface area is 301 Å². The molecule has 0 spiro atoms. The molecule has 0 aliphatic rings. The van der Waals surface area contributed by atoms with Crippen LogP contribution in [0.2, 0.25) is 5.04 Å². The number of rotatable bonds is 27. The summed E-state index contributed by atoms with van der Waals surface area (Å²) in [6, 6.07) is 21.3. The van der Waals surface area contributed by atoms with Crippen LogP contribution in [0.4, 0.5) is 4.79 Å². The zero-order valence-corrected chi connectivity index (χ0v) is 32.6. The van der Waals surface area contributed by atoms with E-state index in [9.17, 15) is 4.79 Å². The quantitative estimate of drug-likeness (QED) is 0.0965. The molecule has 284 valence electrons. The third-order valence-electron chi connectivity index (χ3n) is 7.47. The first-order chi connectivity index (χ1) is 24.0. The number of carbonyl (C=O) groups excluding carboxylic acids is 1. The van der Waals surface area contributed by atoms with Gasteiger partial charge in [-0.3, -0.25) is 0 Å². The van der Waals surface area contributed by atoms with E-state index in [-0.39, 0.29) is 11.1 Å². The van der Waals surface area contributed by atoms with Crippen LogP contribution in [-0.2, 0) is 42.3 Å². The van der Waals surface area contributed by atoms with Crippen LogP contribution < -0.4 is 10.4 Å². The van der Waals surface area contributed by atoms with E-state index in [0.717, 1.165) is 0 Å². The second-order valence-corrected chi connectivity index (χ2v) is 18.0. The largest absolute Gasteiger partial charge is 0.444 e. The summed E-state index contributed by atoms with van der Waals surface area (Å²) in [5.74, 6) is 0. The van der Waals surface area contributed by atoms with Gasteiger partial charge in [0, 0.05) is 13.6 Å². The number of amides is 1. The monoisotopic (exact) mass is 721 g/mol. The summed E-state index contributed by atoms with van der Waals surface area (Å²) in [7, 11) is -0.854. The van der Waals surface area contributed by atoms with E-state index in [4.69, 9.17) is 42.3 Å². The summed E-state index contributed by atoms with van der Waals surface area (Å²) in [6.45, 7) is 20.1. The second kappa shape index (κ2) is 24.7. The van der Waals surface area contributed by atoms with E-state index in [0.29, 0.717) is 106 Å². The number of carbonyl (C=O) groups is 1. The Kier molecular flexibility index (Phi) is 21.7. The number of likely N-dealkylation sites (N-methyl/N-ethyl adjacent to an activating group) is 1. The maximum absolute atomic E-state index is 11.9. The minimum Gasteiger partial charge on any atom is -0.444 e. The fraction of sp³-hybridized carbons (Fsp3) is 0.658. The second-order valence-electron chi connectivity index (χ2n) is 13.7. The molecule has 0 radical (unpaired) electrons. The molecule has 0 saturated heterocycles. The normalized spacial score (nSPS) is 12.3. The number of ether oxygens (including phenoxy) is 8. The molecule has 0 atom stereocenters. The highest BCUT2D eigenvalue weighted by Crippen LogP contribution is 2.36. The standard InChI is InChI=1S/C38H63NO10Si/c1-37(2,3)49-36(40)39(7)18-19-41-20-21-42-22-23-43-24-25-44-26-27-45-28-29-46-30-31-47-32-33-48-50(38(4,5)6,34-14-10-8-11-15-34)35-16-12-9-13-17-35/h8-17H,18-33H2,1-7H3. The highest BCUT2D eigenvalue weighted by molar-refractivity contribution is 6.99. The predicted octanol–water partition coefficient (Wildman–Crippen LogP) is 4.55. The molecular formula is C38H63NO10Si. The molecule has 0 fully saturated rings. The minimum absolute atomic E-state index is 0.0585. The zero-order chi connectivity index (χ0) is 36.6. The van der Waals surface area contributed by atoms with Gasteiger partial charge in [-0.15, -0.1) is 0 Å². The molecule has 12 heteroatoms. The van der Waals surface area contributed by atoms with E-state index in [2.05, 4.69) is 81.4 Å². The lowest BCUT2D eigenvalue weighted by Crippen LogP contribution is -2.66. The van der Waals surface area contributed by atoms with Crippen molar-refractivity contribution in [3.05, 3.63) is 60.7 Å². The van der Waals surface area contributed by atoms with Crippen LogP contribution in [0.15, 0.2) is 60.7 Å². The molecule has 2 aromatic carbocycles. The van der Waals surface area contributed by atoms with Gasteiger partial charge in [0.2, 0.25) is 0 Å². The SMILES string of the molecule is CN(CCOCCOCCOCCOCCOCCOCCOCCO[Si](c1ccccc1)(c1ccccc1)C(C)(C)C)C(=O)OC(C)(C)C. The third kappa shape index (κ3) is 17.7.